The normalized spacial score (nSPS) is 24.0. The van der Waals surface area contributed by atoms with Crippen molar-refractivity contribution in [2.75, 3.05) is 13.1 Å². The summed E-state index contributed by atoms with van der Waals surface area (Å²) in [6, 6.07) is 0. The van der Waals surface area contributed by atoms with Gasteiger partial charge in [0.2, 0.25) is 0 Å². The summed E-state index contributed by atoms with van der Waals surface area (Å²) in [5.74, 6) is 1.19. The minimum Gasteiger partial charge on any atom is -0.444 e. The summed E-state index contributed by atoms with van der Waals surface area (Å²) < 4.78 is 5.21. The lowest BCUT2D eigenvalue weighted by atomic mass is 9.81. The van der Waals surface area contributed by atoms with E-state index in [9.17, 15) is 4.79 Å². The number of nitrogens with two attached hydrogens (primary N) is 1. The predicted molar refractivity (Wildman–Crippen MR) is 76.0 cm³/mol. The molecule has 0 radical (unpaired) electrons. The van der Waals surface area contributed by atoms with E-state index in [0.717, 1.165) is 13.0 Å². The lowest BCUT2D eigenvalue weighted by Gasteiger charge is -2.28. The third-order valence-corrected chi connectivity index (χ3v) is 3.16. The second kappa shape index (κ2) is 7.85. The van der Waals surface area contributed by atoms with E-state index in [1.807, 2.05) is 20.8 Å². The smallest absolute Gasteiger partial charge is 0.407 e. The van der Waals surface area contributed by atoms with Crippen LogP contribution in [0.2, 0.25) is 0 Å². The molecule has 108 valence electrons. The molecule has 0 aliphatic heterocycles. The van der Waals surface area contributed by atoms with E-state index < -0.39 is 5.60 Å². The van der Waals surface area contributed by atoms with Gasteiger partial charge in [0.25, 0.3) is 0 Å². The largest absolute Gasteiger partial charge is 0.444 e. The first-order valence-electron chi connectivity index (χ1n) is 6.57. The van der Waals surface area contributed by atoms with Crippen molar-refractivity contribution in [2.45, 2.75) is 52.1 Å². The van der Waals surface area contributed by atoms with Crippen LogP contribution in [0.25, 0.3) is 0 Å². The Morgan fingerprint density at radius 1 is 1.33 bits per heavy atom. The molecule has 0 aromatic carbocycles. The number of hydrogen-bond acceptors (Lipinski definition) is 3. The van der Waals surface area contributed by atoms with Gasteiger partial charge in [0.1, 0.15) is 5.60 Å². The van der Waals surface area contributed by atoms with Gasteiger partial charge in [-0.3, -0.25) is 0 Å². The number of ether oxygens (including phenoxy) is 1. The topological polar surface area (TPSA) is 64.3 Å². The summed E-state index contributed by atoms with van der Waals surface area (Å²) in [6.07, 6.45) is 4.47. The van der Waals surface area contributed by atoms with Crippen LogP contribution in [0.3, 0.4) is 0 Å². The molecule has 5 heteroatoms. The van der Waals surface area contributed by atoms with Crippen molar-refractivity contribution in [1.29, 1.82) is 0 Å². The molecule has 0 spiro atoms. The summed E-state index contributed by atoms with van der Waals surface area (Å²) in [5.41, 5.74) is 5.27. The molecule has 1 rings (SSSR count). The summed E-state index contributed by atoms with van der Waals surface area (Å²) in [7, 11) is 0. The summed E-state index contributed by atoms with van der Waals surface area (Å²) in [6.45, 7) is 7.10. The Hall–Kier alpha value is -0.480. The lowest BCUT2D eigenvalue weighted by molar-refractivity contribution is 0.0512. The molecule has 1 aliphatic rings. The van der Waals surface area contributed by atoms with Crippen molar-refractivity contribution in [3.63, 3.8) is 0 Å². The zero-order chi connectivity index (χ0) is 12.9. The Morgan fingerprint density at radius 3 is 2.50 bits per heavy atom. The van der Waals surface area contributed by atoms with Crippen LogP contribution in [-0.4, -0.2) is 24.8 Å². The molecular formula is C13H27ClN2O2. The SMILES string of the molecule is CC(C)(C)OC(=O)NCC1CCCC(CN)C1.Cl. The number of alkyl carbamates (subject to hydrolysis) is 1. The van der Waals surface area contributed by atoms with E-state index in [-0.39, 0.29) is 18.5 Å². The van der Waals surface area contributed by atoms with Gasteiger partial charge in [0, 0.05) is 6.54 Å². The molecule has 2 atom stereocenters. The molecule has 0 saturated heterocycles. The fourth-order valence-corrected chi connectivity index (χ4v) is 2.34. The maximum Gasteiger partial charge on any atom is 0.407 e. The average Bonchev–Trinajstić information content (AvgIpc) is 2.24. The van der Waals surface area contributed by atoms with Crippen LogP contribution in [0.4, 0.5) is 4.79 Å². The number of nitrogens with one attached hydrogen (secondary N) is 1. The summed E-state index contributed by atoms with van der Waals surface area (Å²) >= 11 is 0. The lowest BCUT2D eigenvalue weighted by Crippen LogP contribution is -2.37. The van der Waals surface area contributed by atoms with Crippen molar-refractivity contribution in [2.24, 2.45) is 17.6 Å². The van der Waals surface area contributed by atoms with E-state index >= 15 is 0 Å². The first-order valence-corrected chi connectivity index (χ1v) is 6.57. The quantitative estimate of drug-likeness (QED) is 0.834. The standard InChI is InChI=1S/C13H26N2O2.ClH/c1-13(2,3)17-12(16)15-9-11-6-4-5-10(7-11)8-14;/h10-11H,4-9,14H2,1-3H3,(H,15,16);1H. The van der Waals surface area contributed by atoms with Gasteiger partial charge in [-0.25, -0.2) is 4.79 Å². The summed E-state index contributed by atoms with van der Waals surface area (Å²) in [5, 5.41) is 2.85. The fraction of sp³-hybridized carbons (Fsp3) is 0.923. The Morgan fingerprint density at radius 2 is 1.94 bits per heavy atom. The Balaban J connectivity index is 0.00000289. The van der Waals surface area contributed by atoms with Gasteiger partial charge in [0.15, 0.2) is 0 Å². The molecule has 4 nitrogen and oxygen atoms in total. The van der Waals surface area contributed by atoms with Gasteiger partial charge in [-0.05, 0) is 58.4 Å². The zero-order valence-electron chi connectivity index (χ0n) is 11.7. The van der Waals surface area contributed by atoms with Crippen LogP contribution in [0.1, 0.15) is 46.5 Å². The highest BCUT2D eigenvalue weighted by atomic mass is 35.5. The third-order valence-electron chi connectivity index (χ3n) is 3.16. The van der Waals surface area contributed by atoms with Crippen LogP contribution in [0, 0.1) is 11.8 Å². The van der Waals surface area contributed by atoms with Crippen LogP contribution in [-0.2, 0) is 4.74 Å². The van der Waals surface area contributed by atoms with Crippen LogP contribution in [0.5, 0.6) is 0 Å². The van der Waals surface area contributed by atoms with Crippen molar-refractivity contribution in [3.05, 3.63) is 0 Å². The zero-order valence-corrected chi connectivity index (χ0v) is 12.5. The molecule has 0 aromatic heterocycles. The van der Waals surface area contributed by atoms with Crippen molar-refractivity contribution >= 4 is 18.5 Å². The molecule has 2 unspecified atom stereocenters. The van der Waals surface area contributed by atoms with Gasteiger partial charge in [-0.2, -0.15) is 0 Å². The molecule has 3 N–H and O–H groups in total. The average molecular weight is 279 g/mol. The highest BCUT2D eigenvalue weighted by Crippen LogP contribution is 2.27. The minimum atomic E-state index is -0.420. The first kappa shape index (κ1) is 17.5. The molecular weight excluding hydrogens is 252 g/mol. The van der Waals surface area contributed by atoms with Gasteiger partial charge in [-0.15, -0.1) is 12.4 Å². The minimum absolute atomic E-state index is 0. The van der Waals surface area contributed by atoms with E-state index in [1.54, 1.807) is 0 Å². The van der Waals surface area contributed by atoms with E-state index in [0.29, 0.717) is 18.4 Å². The highest BCUT2D eigenvalue weighted by molar-refractivity contribution is 5.85. The number of carbonyl (C=O) groups excluding carboxylic acids is 1. The molecule has 1 fully saturated rings. The fourth-order valence-electron chi connectivity index (χ4n) is 2.34. The highest BCUT2D eigenvalue weighted by Gasteiger charge is 2.22. The second-order valence-electron chi connectivity index (χ2n) is 6.02. The number of hydrogen-bond donors (Lipinski definition) is 2. The molecule has 0 aromatic rings. The van der Waals surface area contributed by atoms with Crippen LogP contribution < -0.4 is 11.1 Å². The second-order valence-corrected chi connectivity index (χ2v) is 6.02. The van der Waals surface area contributed by atoms with Crippen molar-refractivity contribution in [3.8, 4) is 0 Å². The summed E-state index contributed by atoms with van der Waals surface area (Å²) in [4.78, 5) is 11.5. The third kappa shape index (κ3) is 7.07. The number of halogens is 1. The monoisotopic (exact) mass is 278 g/mol. The van der Waals surface area contributed by atoms with Crippen molar-refractivity contribution < 1.29 is 9.53 Å². The molecule has 18 heavy (non-hydrogen) atoms. The van der Waals surface area contributed by atoms with Gasteiger partial charge >= 0.3 is 6.09 Å². The molecule has 1 aliphatic carbocycles. The molecule has 1 amide bonds. The first-order chi connectivity index (χ1) is 7.90. The van der Waals surface area contributed by atoms with Crippen molar-refractivity contribution in [1.82, 2.24) is 5.32 Å². The maximum absolute atomic E-state index is 11.5. The molecule has 1 saturated carbocycles. The van der Waals surface area contributed by atoms with E-state index in [2.05, 4.69) is 5.32 Å². The van der Waals surface area contributed by atoms with Crippen LogP contribution >= 0.6 is 12.4 Å². The predicted octanol–water partition coefficient (Wildman–Crippen LogP) is 2.70. The molecule has 0 bridgehead atoms. The Kier molecular flexibility index (Phi) is 7.64. The molecule has 0 heterocycles. The number of amides is 1. The maximum atomic E-state index is 11.5. The Labute approximate surface area is 116 Å². The number of carbonyl (C=O) groups is 1. The number of rotatable bonds is 3. The van der Waals surface area contributed by atoms with E-state index in [1.165, 1.54) is 19.3 Å². The van der Waals surface area contributed by atoms with Crippen LogP contribution in [0.15, 0.2) is 0 Å². The van der Waals surface area contributed by atoms with Gasteiger partial charge in [0.05, 0.1) is 0 Å². The Bertz CT molecular complexity index is 254. The van der Waals surface area contributed by atoms with Gasteiger partial charge < -0.3 is 15.8 Å². The van der Waals surface area contributed by atoms with E-state index in [4.69, 9.17) is 10.5 Å². The van der Waals surface area contributed by atoms with Gasteiger partial charge in [-0.1, -0.05) is 6.42 Å².